The Hall–Kier alpha value is -1.08. The zero-order chi connectivity index (χ0) is 14.0. The Morgan fingerprint density at radius 3 is 2.05 bits per heavy atom. The van der Waals surface area contributed by atoms with Gasteiger partial charge in [-0.05, 0) is 25.0 Å². The van der Waals surface area contributed by atoms with Crippen molar-refractivity contribution in [3.05, 3.63) is 29.6 Å². The van der Waals surface area contributed by atoms with Crippen molar-refractivity contribution in [2.45, 2.75) is 30.6 Å². The second kappa shape index (κ2) is 5.50. The average molecular weight is 293 g/mol. The van der Waals surface area contributed by atoms with Crippen molar-refractivity contribution >= 4 is 10.0 Å². The number of benzene rings is 1. The molecule has 1 aliphatic heterocycles. The van der Waals surface area contributed by atoms with E-state index in [-0.39, 0.29) is 13.1 Å². The van der Waals surface area contributed by atoms with E-state index >= 15 is 0 Å². The summed E-state index contributed by atoms with van der Waals surface area (Å²) >= 11 is 0. The molecule has 0 amide bonds. The van der Waals surface area contributed by atoms with E-state index in [1.165, 1.54) is 0 Å². The molecule has 0 unspecified atom stereocenters. The summed E-state index contributed by atoms with van der Waals surface area (Å²) in [6, 6.07) is 1.40. The van der Waals surface area contributed by atoms with Crippen LogP contribution in [0.3, 0.4) is 0 Å². The van der Waals surface area contributed by atoms with Gasteiger partial charge in [-0.15, -0.1) is 0 Å². The van der Waals surface area contributed by atoms with E-state index in [2.05, 4.69) is 0 Å². The largest absolute Gasteiger partial charge is 0.246 e. The zero-order valence-corrected chi connectivity index (χ0v) is 11.0. The SMILES string of the molecule is O=S(=O)(c1ccc(F)c(F)c1F)N1CCCCCC1. The number of nitrogens with zero attached hydrogens (tertiary/aromatic N) is 1. The second-order valence-corrected chi connectivity index (χ2v) is 6.40. The molecule has 3 nitrogen and oxygen atoms in total. The van der Waals surface area contributed by atoms with Gasteiger partial charge in [0, 0.05) is 13.1 Å². The molecule has 1 aromatic rings. The van der Waals surface area contributed by atoms with E-state index < -0.39 is 32.4 Å². The van der Waals surface area contributed by atoms with E-state index in [0.29, 0.717) is 18.9 Å². The Balaban J connectivity index is 2.41. The average Bonchev–Trinajstić information content (AvgIpc) is 2.65. The topological polar surface area (TPSA) is 37.4 Å². The molecule has 1 heterocycles. The molecule has 0 aromatic heterocycles. The summed E-state index contributed by atoms with van der Waals surface area (Å²) < 4.78 is 65.1. The quantitative estimate of drug-likeness (QED) is 0.786. The molecule has 7 heteroatoms. The van der Waals surface area contributed by atoms with Gasteiger partial charge in [0.05, 0.1) is 0 Å². The molecular formula is C12H14F3NO2S. The highest BCUT2D eigenvalue weighted by Crippen LogP contribution is 2.25. The molecular weight excluding hydrogens is 279 g/mol. The summed E-state index contributed by atoms with van der Waals surface area (Å²) in [5.41, 5.74) is 0. The predicted molar refractivity (Wildman–Crippen MR) is 63.5 cm³/mol. The molecule has 2 rings (SSSR count). The van der Waals surface area contributed by atoms with E-state index in [9.17, 15) is 21.6 Å². The van der Waals surface area contributed by atoms with E-state index in [0.717, 1.165) is 23.2 Å². The third-order valence-corrected chi connectivity index (χ3v) is 5.10. The Bertz CT molecular complexity index is 567. The third kappa shape index (κ3) is 2.76. The maximum atomic E-state index is 13.6. The number of hydrogen-bond donors (Lipinski definition) is 0. The Morgan fingerprint density at radius 1 is 0.895 bits per heavy atom. The van der Waals surface area contributed by atoms with Crippen molar-refractivity contribution in [3.63, 3.8) is 0 Å². The summed E-state index contributed by atoms with van der Waals surface area (Å²) in [5, 5.41) is 0. The monoisotopic (exact) mass is 293 g/mol. The van der Waals surface area contributed by atoms with Gasteiger partial charge in [0.15, 0.2) is 17.5 Å². The summed E-state index contributed by atoms with van der Waals surface area (Å²) in [6.07, 6.45) is 3.19. The van der Waals surface area contributed by atoms with E-state index in [4.69, 9.17) is 0 Å². The van der Waals surface area contributed by atoms with E-state index in [1.54, 1.807) is 0 Å². The maximum absolute atomic E-state index is 13.6. The molecule has 0 radical (unpaired) electrons. The van der Waals surface area contributed by atoms with Crippen molar-refractivity contribution in [1.82, 2.24) is 4.31 Å². The maximum Gasteiger partial charge on any atom is 0.246 e. The molecule has 1 aliphatic rings. The highest BCUT2D eigenvalue weighted by atomic mass is 32.2. The molecule has 1 saturated heterocycles. The van der Waals surface area contributed by atoms with Crippen LogP contribution in [0.2, 0.25) is 0 Å². The van der Waals surface area contributed by atoms with Gasteiger partial charge in [-0.3, -0.25) is 0 Å². The summed E-state index contributed by atoms with van der Waals surface area (Å²) in [4.78, 5) is -0.798. The predicted octanol–water partition coefficient (Wildman–Crippen LogP) is 2.67. The van der Waals surface area contributed by atoms with Gasteiger partial charge in [-0.2, -0.15) is 4.31 Å². The fourth-order valence-corrected chi connectivity index (χ4v) is 3.70. The first-order chi connectivity index (χ1) is 8.94. The van der Waals surface area contributed by atoms with Crippen LogP contribution in [0.5, 0.6) is 0 Å². The molecule has 0 atom stereocenters. The van der Waals surface area contributed by atoms with Gasteiger partial charge in [-0.1, -0.05) is 12.8 Å². The zero-order valence-electron chi connectivity index (χ0n) is 10.2. The van der Waals surface area contributed by atoms with Crippen molar-refractivity contribution in [2.24, 2.45) is 0 Å². The van der Waals surface area contributed by atoms with Gasteiger partial charge in [-0.25, -0.2) is 21.6 Å². The van der Waals surface area contributed by atoms with Crippen LogP contribution in [0, 0.1) is 17.5 Å². The third-order valence-electron chi connectivity index (χ3n) is 3.18. The number of rotatable bonds is 2. The van der Waals surface area contributed by atoms with Gasteiger partial charge >= 0.3 is 0 Å². The van der Waals surface area contributed by atoms with Crippen LogP contribution in [0.25, 0.3) is 0 Å². The van der Waals surface area contributed by atoms with Gasteiger partial charge in [0.2, 0.25) is 10.0 Å². The minimum absolute atomic E-state index is 0.279. The fraction of sp³-hybridized carbons (Fsp3) is 0.500. The van der Waals surface area contributed by atoms with Gasteiger partial charge < -0.3 is 0 Å². The molecule has 1 fully saturated rings. The lowest BCUT2D eigenvalue weighted by Gasteiger charge is -2.20. The van der Waals surface area contributed by atoms with Crippen LogP contribution >= 0.6 is 0 Å². The first-order valence-corrected chi connectivity index (χ1v) is 7.52. The lowest BCUT2D eigenvalue weighted by molar-refractivity contribution is 0.406. The molecule has 0 bridgehead atoms. The standard InChI is InChI=1S/C12H14F3NO2S/c13-9-5-6-10(12(15)11(9)14)19(17,18)16-7-3-1-2-4-8-16/h5-6H,1-4,7-8H2. The summed E-state index contributed by atoms with van der Waals surface area (Å²) in [5.74, 6) is -4.80. The molecule has 0 saturated carbocycles. The van der Waals surface area contributed by atoms with Crippen molar-refractivity contribution < 1.29 is 21.6 Å². The van der Waals surface area contributed by atoms with Crippen molar-refractivity contribution in [3.8, 4) is 0 Å². The highest BCUT2D eigenvalue weighted by Gasteiger charge is 2.30. The molecule has 0 spiro atoms. The van der Waals surface area contributed by atoms with Gasteiger partial charge in [0.25, 0.3) is 0 Å². The molecule has 106 valence electrons. The Kier molecular flexibility index (Phi) is 4.15. The molecule has 0 aliphatic carbocycles. The smallest absolute Gasteiger partial charge is 0.207 e. The first kappa shape index (κ1) is 14.3. The Labute approximate surface area is 110 Å². The lowest BCUT2D eigenvalue weighted by atomic mass is 10.2. The van der Waals surface area contributed by atoms with Crippen LogP contribution in [-0.4, -0.2) is 25.8 Å². The van der Waals surface area contributed by atoms with Crippen LogP contribution in [-0.2, 0) is 10.0 Å². The molecule has 19 heavy (non-hydrogen) atoms. The second-order valence-electron chi connectivity index (χ2n) is 4.49. The van der Waals surface area contributed by atoms with E-state index in [1.807, 2.05) is 0 Å². The number of sulfonamides is 1. The minimum Gasteiger partial charge on any atom is -0.207 e. The number of halogens is 3. The van der Waals surface area contributed by atoms with Crippen LogP contribution < -0.4 is 0 Å². The van der Waals surface area contributed by atoms with Crippen LogP contribution in [0.1, 0.15) is 25.7 Å². The highest BCUT2D eigenvalue weighted by molar-refractivity contribution is 7.89. The van der Waals surface area contributed by atoms with Crippen molar-refractivity contribution in [2.75, 3.05) is 13.1 Å². The molecule has 0 N–H and O–H groups in total. The lowest BCUT2D eigenvalue weighted by Crippen LogP contribution is -2.32. The summed E-state index contributed by atoms with van der Waals surface area (Å²) in [7, 11) is -4.10. The number of hydrogen-bond acceptors (Lipinski definition) is 2. The summed E-state index contributed by atoms with van der Waals surface area (Å²) in [6.45, 7) is 0.557. The fourth-order valence-electron chi connectivity index (χ4n) is 2.13. The molecule has 1 aromatic carbocycles. The first-order valence-electron chi connectivity index (χ1n) is 6.08. The Morgan fingerprint density at radius 2 is 1.47 bits per heavy atom. The minimum atomic E-state index is -4.10. The normalized spacial score (nSPS) is 18.3. The van der Waals surface area contributed by atoms with Crippen molar-refractivity contribution in [1.29, 1.82) is 0 Å². The van der Waals surface area contributed by atoms with Crippen LogP contribution in [0.4, 0.5) is 13.2 Å². The van der Waals surface area contributed by atoms with Gasteiger partial charge in [0.1, 0.15) is 4.90 Å². The van der Waals surface area contributed by atoms with Crippen LogP contribution in [0.15, 0.2) is 17.0 Å².